The zero-order chi connectivity index (χ0) is 27.3. The molecule has 0 bridgehead atoms. The molecule has 10 heteroatoms. The number of fused-ring (bicyclic) bond motifs is 2. The van der Waals surface area contributed by atoms with Gasteiger partial charge in [0.25, 0.3) is 5.91 Å². The lowest BCUT2D eigenvalue weighted by Crippen LogP contribution is -2.57. The normalized spacial score (nSPS) is 17.5. The Balaban J connectivity index is 1.25. The highest BCUT2D eigenvalue weighted by atomic mass is 16.5. The fraction of sp³-hybridized carbons (Fsp3) is 0.379. The summed E-state index contributed by atoms with van der Waals surface area (Å²) in [5.74, 6) is 0.527. The van der Waals surface area contributed by atoms with Gasteiger partial charge in [-0.05, 0) is 58.6 Å². The Morgan fingerprint density at radius 2 is 1.97 bits per heavy atom. The zero-order valence-electron chi connectivity index (χ0n) is 23.0. The van der Waals surface area contributed by atoms with E-state index < -0.39 is 0 Å². The number of anilines is 3. The number of hydrogen-bond acceptors (Lipinski definition) is 8. The van der Waals surface area contributed by atoms with E-state index in [2.05, 4.69) is 64.4 Å². The molecule has 1 fully saturated rings. The summed E-state index contributed by atoms with van der Waals surface area (Å²) in [5, 5.41) is 6.28. The first kappa shape index (κ1) is 25.3. The summed E-state index contributed by atoms with van der Waals surface area (Å²) in [5.41, 5.74) is 6.60. The maximum absolute atomic E-state index is 12.9. The number of morpholine rings is 1. The van der Waals surface area contributed by atoms with E-state index in [0.717, 1.165) is 46.9 Å². The van der Waals surface area contributed by atoms with Crippen molar-refractivity contribution in [2.24, 2.45) is 0 Å². The molecule has 10 nitrogen and oxygen atoms in total. The molecule has 0 saturated carbocycles. The van der Waals surface area contributed by atoms with Crippen molar-refractivity contribution in [2.45, 2.75) is 39.0 Å². The van der Waals surface area contributed by atoms with Crippen molar-refractivity contribution in [2.75, 3.05) is 44.0 Å². The van der Waals surface area contributed by atoms with Crippen molar-refractivity contribution >= 4 is 28.7 Å². The van der Waals surface area contributed by atoms with Gasteiger partial charge in [0.1, 0.15) is 11.5 Å². The minimum atomic E-state index is -0.124. The van der Waals surface area contributed by atoms with E-state index >= 15 is 0 Å². The number of ether oxygens (including phenoxy) is 1. The number of imidazole rings is 1. The first-order chi connectivity index (χ1) is 18.7. The Morgan fingerprint density at radius 3 is 2.74 bits per heavy atom. The molecular weight excluding hydrogens is 492 g/mol. The Morgan fingerprint density at radius 1 is 1.13 bits per heavy atom. The molecule has 6 rings (SSSR count). The Hall–Kier alpha value is -4.02. The molecule has 2 aliphatic rings. The lowest BCUT2D eigenvalue weighted by molar-refractivity contribution is -0.0484. The summed E-state index contributed by atoms with van der Waals surface area (Å²) in [7, 11) is 4.17. The molecule has 0 aromatic carbocycles. The molecule has 39 heavy (non-hydrogen) atoms. The second-order valence-electron chi connectivity index (χ2n) is 11.0. The van der Waals surface area contributed by atoms with Crippen molar-refractivity contribution in [1.29, 1.82) is 0 Å². The highest BCUT2D eigenvalue weighted by Gasteiger charge is 2.36. The van der Waals surface area contributed by atoms with Crippen molar-refractivity contribution in [3.05, 3.63) is 65.7 Å². The van der Waals surface area contributed by atoms with Crippen LogP contribution in [0.4, 0.5) is 17.2 Å². The SMILES string of the molecule is Cc1cccn2c(-c3ncc(Nc4ccc(N5CCO[C@H](C(C)(C)N(C)C)C5)cn4)c4c3CNC4=O)cnc12. The van der Waals surface area contributed by atoms with Gasteiger partial charge in [0.05, 0.1) is 59.6 Å². The highest BCUT2D eigenvalue weighted by Crippen LogP contribution is 2.34. The van der Waals surface area contributed by atoms with Crippen molar-refractivity contribution in [3.63, 3.8) is 0 Å². The van der Waals surface area contributed by atoms with Gasteiger partial charge in [-0.2, -0.15) is 0 Å². The summed E-state index contributed by atoms with van der Waals surface area (Å²) in [6, 6.07) is 8.02. The third kappa shape index (κ3) is 4.39. The number of pyridine rings is 3. The minimum Gasteiger partial charge on any atom is -0.373 e. The quantitative estimate of drug-likeness (QED) is 0.393. The third-order valence-corrected chi connectivity index (χ3v) is 8.19. The predicted octanol–water partition coefficient (Wildman–Crippen LogP) is 3.63. The Kier molecular flexibility index (Phi) is 6.23. The van der Waals surface area contributed by atoms with Gasteiger partial charge in [0.2, 0.25) is 0 Å². The van der Waals surface area contributed by atoms with E-state index in [1.165, 1.54) is 0 Å². The maximum atomic E-state index is 12.9. The van der Waals surface area contributed by atoms with Crippen molar-refractivity contribution in [3.8, 4) is 11.4 Å². The van der Waals surface area contributed by atoms with Crippen molar-refractivity contribution < 1.29 is 9.53 Å². The summed E-state index contributed by atoms with van der Waals surface area (Å²) >= 11 is 0. The average Bonchev–Trinajstić information content (AvgIpc) is 3.54. The maximum Gasteiger partial charge on any atom is 0.254 e. The standard InChI is InChI=1S/C29H34N8O2/c1-18-7-6-10-37-22(16-32-27(18)37)26-20-14-33-28(38)25(20)21(15-31-26)34-24-9-8-19(13-30-24)36-11-12-39-23(17-36)29(2,3)35(4)5/h6-10,13,15-16,23H,11-12,14,17H2,1-5H3,(H,30,34)(H,33,38)/t23-/m0/s1. The molecule has 1 atom stereocenters. The van der Waals surface area contributed by atoms with Gasteiger partial charge in [-0.15, -0.1) is 0 Å². The number of rotatable bonds is 6. The molecule has 6 heterocycles. The largest absolute Gasteiger partial charge is 0.373 e. The number of carbonyl (C=O) groups excluding carboxylic acids is 1. The second kappa shape index (κ2) is 9.62. The van der Waals surface area contributed by atoms with Gasteiger partial charge < -0.3 is 25.2 Å². The zero-order valence-corrected chi connectivity index (χ0v) is 23.0. The summed E-state index contributed by atoms with van der Waals surface area (Å²) < 4.78 is 8.13. The number of likely N-dealkylation sites (N-methyl/N-ethyl adjacent to an activating group) is 1. The molecule has 202 valence electrons. The molecule has 1 saturated heterocycles. The van der Waals surface area contributed by atoms with Crippen LogP contribution >= 0.6 is 0 Å². The van der Waals surface area contributed by atoms with Crippen LogP contribution in [-0.4, -0.2) is 75.6 Å². The Bertz CT molecular complexity index is 1540. The Labute approximate surface area is 228 Å². The summed E-state index contributed by atoms with van der Waals surface area (Å²) in [6.07, 6.45) is 7.45. The van der Waals surface area contributed by atoms with E-state index in [1.54, 1.807) is 6.20 Å². The summed E-state index contributed by atoms with van der Waals surface area (Å²) in [4.78, 5) is 31.4. The van der Waals surface area contributed by atoms with Crippen LogP contribution in [0.2, 0.25) is 0 Å². The molecule has 2 N–H and O–H groups in total. The van der Waals surface area contributed by atoms with E-state index in [0.29, 0.717) is 30.2 Å². The monoisotopic (exact) mass is 526 g/mol. The summed E-state index contributed by atoms with van der Waals surface area (Å²) in [6.45, 7) is 9.14. The number of aromatic nitrogens is 4. The number of hydrogen-bond donors (Lipinski definition) is 2. The lowest BCUT2D eigenvalue weighted by atomic mass is 9.94. The van der Waals surface area contributed by atoms with Crippen LogP contribution in [-0.2, 0) is 11.3 Å². The first-order valence-electron chi connectivity index (χ1n) is 13.2. The lowest BCUT2D eigenvalue weighted by Gasteiger charge is -2.45. The number of amides is 1. The molecular formula is C29H34N8O2. The molecule has 2 aliphatic heterocycles. The molecule has 0 unspecified atom stereocenters. The third-order valence-electron chi connectivity index (χ3n) is 8.19. The van der Waals surface area contributed by atoms with E-state index in [4.69, 9.17) is 9.72 Å². The van der Waals surface area contributed by atoms with Crippen LogP contribution in [0.1, 0.15) is 35.3 Å². The van der Waals surface area contributed by atoms with Crippen LogP contribution in [0, 0.1) is 6.92 Å². The molecule has 0 aliphatic carbocycles. The molecule has 4 aromatic rings. The van der Waals surface area contributed by atoms with Crippen LogP contribution < -0.4 is 15.5 Å². The van der Waals surface area contributed by atoms with Gasteiger partial charge >= 0.3 is 0 Å². The minimum absolute atomic E-state index is 0.0848. The number of aryl methyl sites for hydroxylation is 1. The van der Waals surface area contributed by atoms with Crippen LogP contribution in [0.25, 0.3) is 17.0 Å². The average molecular weight is 527 g/mol. The number of carbonyl (C=O) groups is 1. The fourth-order valence-electron chi connectivity index (χ4n) is 5.27. The molecule has 0 radical (unpaired) electrons. The van der Waals surface area contributed by atoms with E-state index in [-0.39, 0.29) is 17.6 Å². The van der Waals surface area contributed by atoms with Crippen molar-refractivity contribution in [1.82, 2.24) is 29.6 Å². The topological polar surface area (TPSA) is 99.9 Å². The fourth-order valence-corrected chi connectivity index (χ4v) is 5.27. The predicted molar refractivity (Wildman–Crippen MR) is 152 cm³/mol. The van der Waals surface area contributed by atoms with Gasteiger partial charge in [-0.3, -0.25) is 14.2 Å². The second-order valence-corrected chi connectivity index (χ2v) is 11.0. The number of nitrogens with zero attached hydrogens (tertiary/aromatic N) is 6. The van der Waals surface area contributed by atoms with E-state index in [9.17, 15) is 4.79 Å². The first-order valence-corrected chi connectivity index (χ1v) is 13.2. The van der Waals surface area contributed by atoms with Gasteiger partial charge in [0, 0.05) is 36.9 Å². The highest BCUT2D eigenvalue weighted by molar-refractivity contribution is 6.05. The van der Waals surface area contributed by atoms with E-state index in [1.807, 2.05) is 48.1 Å². The molecule has 1 amide bonds. The van der Waals surface area contributed by atoms with Gasteiger partial charge in [-0.25, -0.2) is 9.97 Å². The number of nitrogens with one attached hydrogen (secondary N) is 2. The van der Waals surface area contributed by atoms with Crippen LogP contribution in [0.5, 0.6) is 0 Å². The van der Waals surface area contributed by atoms with Gasteiger partial charge in [0.15, 0.2) is 0 Å². The van der Waals surface area contributed by atoms with Gasteiger partial charge in [-0.1, -0.05) is 6.07 Å². The van der Waals surface area contributed by atoms with Crippen LogP contribution in [0.3, 0.4) is 0 Å². The molecule has 4 aromatic heterocycles. The molecule has 0 spiro atoms. The smallest absolute Gasteiger partial charge is 0.254 e. The van der Waals surface area contributed by atoms with Crippen LogP contribution in [0.15, 0.2) is 49.1 Å².